The van der Waals surface area contributed by atoms with E-state index in [-0.39, 0.29) is 5.69 Å². The number of anilines is 3. The number of hydrogen-bond acceptors (Lipinski definition) is 4. The molecular formula is C22H20ClF3N4O3. The van der Waals surface area contributed by atoms with Crippen molar-refractivity contribution in [1.82, 2.24) is 4.90 Å². The van der Waals surface area contributed by atoms with Crippen molar-refractivity contribution in [2.24, 2.45) is 0 Å². The third-order valence-corrected chi connectivity index (χ3v) is 4.64. The van der Waals surface area contributed by atoms with E-state index >= 15 is 0 Å². The number of benzene rings is 2. The number of amides is 3. The van der Waals surface area contributed by atoms with Crippen molar-refractivity contribution in [1.29, 1.82) is 0 Å². The molecule has 1 heterocycles. The normalized spacial score (nSPS) is 13.2. The second kappa shape index (κ2) is 10.3. The Balaban J connectivity index is 1.63. The Hall–Kier alpha value is -3.66. The van der Waals surface area contributed by atoms with Crippen molar-refractivity contribution in [2.45, 2.75) is 6.18 Å². The van der Waals surface area contributed by atoms with Gasteiger partial charge in [-0.15, -0.1) is 11.6 Å². The lowest BCUT2D eigenvalue weighted by molar-refractivity contribution is -0.136. The summed E-state index contributed by atoms with van der Waals surface area (Å²) < 4.78 is 45.8. The molecule has 1 aliphatic heterocycles. The number of nitrogens with one attached hydrogen (secondary N) is 3. The number of ether oxygens (including phenoxy) is 1. The molecule has 33 heavy (non-hydrogen) atoms. The zero-order valence-corrected chi connectivity index (χ0v) is 18.1. The molecule has 0 fully saturated rings. The third kappa shape index (κ3) is 6.91. The van der Waals surface area contributed by atoms with Crippen LogP contribution in [0.5, 0.6) is 5.75 Å². The Bertz CT molecular complexity index is 1090. The lowest BCUT2D eigenvalue weighted by atomic mass is 10.1. The summed E-state index contributed by atoms with van der Waals surface area (Å²) in [7, 11) is 1.94. The van der Waals surface area contributed by atoms with Crippen molar-refractivity contribution in [3.8, 4) is 5.75 Å². The summed E-state index contributed by atoms with van der Waals surface area (Å²) >= 11 is 5.34. The van der Waals surface area contributed by atoms with Crippen LogP contribution in [0.2, 0.25) is 0 Å². The summed E-state index contributed by atoms with van der Waals surface area (Å²) in [5.74, 6) is -0.0190. The minimum absolute atomic E-state index is 0.107. The Kier molecular flexibility index (Phi) is 7.49. The molecule has 2 aromatic carbocycles. The molecule has 3 rings (SSSR count). The van der Waals surface area contributed by atoms with E-state index in [0.29, 0.717) is 17.2 Å². The van der Waals surface area contributed by atoms with Gasteiger partial charge >= 0.3 is 12.2 Å². The van der Waals surface area contributed by atoms with E-state index in [1.807, 2.05) is 30.3 Å². The van der Waals surface area contributed by atoms with Gasteiger partial charge in [0, 0.05) is 31.2 Å². The first-order chi connectivity index (χ1) is 15.6. The Labute approximate surface area is 192 Å². The summed E-state index contributed by atoms with van der Waals surface area (Å²) in [5, 5.41) is 6.95. The van der Waals surface area contributed by atoms with E-state index in [0.717, 1.165) is 18.7 Å². The first-order valence-corrected chi connectivity index (χ1v) is 10.2. The fraction of sp³-hybridized carbons (Fsp3) is 0.182. The van der Waals surface area contributed by atoms with E-state index in [2.05, 4.69) is 16.0 Å². The van der Waals surface area contributed by atoms with Crippen LogP contribution in [0, 0.1) is 0 Å². The molecule has 1 aliphatic rings. The number of rotatable bonds is 6. The van der Waals surface area contributed by atoms with Crippen LogP contribution in [0.15, 0.2) is 66.6 Å². The molecule has 174 valence electrons. The maximum atomic E-state index is 13.4. The summed E-state index contributed by atoms with van der Waals surface area (Å²) in [6.45, 7) is 0.724. The lowest BCUT2D eigenvalue weighted by Gasteiger charge is -2.17. The van der Waals surface area contributed by atoms with Gasteiger partial charge in [-0.3, -0.25) is 4.79 Å². The van der Waals surface area contributed by atoms with Gasteiger partial charge in [0.2, 0.25) is 5.91 Å². The molecule has 0 radical (unpaired) electrons. The number of carbonyl (C=O) groups is 2. The summed E-state index contributed by atoms with van der Waals surface area (Å²) in [6, 6.07) is 8.76. The van der Waals surface area contributed by atoms with Gasteiger partial charge in [0.25, 0.3) is 0 Å². The molecule has 0 unspecified atom stereocenters. The number of allylic oxidation sites excluding steroid dienone is 1. The van der Waals surface area contributed by atoms with Gasteiger partial charge in [-0.05, 0) is 54.6 Å². The average Bonchev–Trinajstić information content (AvgIpc) is 2.77. The van der Waals surface area contributed by atoms with Gasteiger partial charge in [-0.1, -0.05) is 0 Å². The molecule has 3 N–H and O–H groups in total. The van der Waals surface area contributed by atoms with Crippen molar-refractivity contribution >= 4 is 40.6 Å². The number of carbonyl (C=O) groups excluding carboxylic acids is 2. The molecule has 2 aromatic rings. The summed E-state index contributed by atoms with van der Waals surface area (Å²) in [4.78, 5) is 25.6. The van der Waals surface area contributed by atoms with Gasteiger partial charge in [0.05, 0.1) is 11.3 Å². The van der Waals surface area contributed by atoms with E-state index < -0.39 is 35.2 Å². The number of urea groups is 1. The molecule has 11 heteroatoms. The summed E-state index contributed by atoms with van der Waals surface area (Å²) in [5.41, 5.74) is -1.26. The van der Waals surface area contributed by atoms with Crippen LogP contribution in [0.1, 0.15) is 5.56 Å². The van der Waals surface area contributed by atoms with Gasteiger partial charge in [-0.2, -0.15) is 13.2 Å². The van der Waals surface area contributed by atoms with Crippen LogP contribution in [-0.2, 0) is 11.0 Å². The van der Waals surface area contributed by atoms with Crippen LogP contribution in [0.3, 0.4) is 0 Å². The molecule has 0 saturated carbocycles. The second-order valence-electron chi connectivity index (χ2n) is 7.01. The molecule has 0 bridgehead atoms. The van der Waals surface area contributed by atoms with Crippen LogP contribution < -0.4 is 20.7 Å². The maximum Gasteiger partial charge on any atom is 0.418 e. The standard InChI is InChI=1S/C22H20ClF3N4O3/c1-30-10-8-17(9-11-30)33-16-5-2-14(3-6-16)27-21(32)28-15-4-7-19(29-20(31)13-23)18(12-15)22(24,25)26/h2-10,12H,11,13H2,1H3,(H,29,31)(H2,27,28,32). The maximum absolute atomic E-state index is 13.4. The monoisotopic (exact) mass is 480 g/mol. The van der Waals surface area contributed by atoms with Crippen LogP contribution in [0.4, 0.5) is 35.0 Å². The molecule has 0 aliphatic carbocycles. The average molecular weight is 481 g/mol. The van der Waals surface area contributed by atoms with Gasteiger partial charge in [-0.25, -0.2) is 4.79 Å². The first kappa shape index (κ1) is 24.0. The second-order valence-corrected chi connectivity index (χ2v) is 7.27. The van der Waals surface area contributed by atoms with Gasteiger partial charge in [0.15, 0.2) is 0 Å². The van der Waals surface area contributed by atoms with E-state index in [9.17, 15) is 22.8 Å². The van der Waals surface area contributed by atoms with Crippen molar-refractivity contribution < 1.29 is 27.5 Å². The topological polar surface area (TPSA) is 82.7 Å². The minimum atomic E-state index is -4.75. The molecule has 0 atom stereocenters. The number of likely N-dealkylation sites (N-methyl/N-ethyl adjacent to an activating group) is 1. The van der Waals surface area contributed by atoms with Crippen LogP contribution >= 0.6 is 11.6 Å². The van der Waals surface area contributed by atoms with Crippen molar-refractivity contribution in [3.63, 3.8) is 0 Å². The molecule has 0 aromatic heterocycles. The number of nitrogens with zero attached hydrogens (tertiary/aromatic N) is 1. The number of halogens is 4. The third-order valence-electron chi connectivity index (χ3n) is 4.40. The number of alkyl halides is 4. The molecule has 7 nitrogen and oxygen atoms in total. The van der Waals surface area contributed by atoms with Crippen molar-refractivity contribution in [3.05, 3.63) is 72.1 Å². The lowest BCUT2D eigenvalue weighted by Crippen LogP contribution is -2.21. The minimum Gasteiger partial charge on any atom is -0.458 e. The fourth-order valence-corrected chi connectivity index (χ4v) is 2.89. The highest BCUT2D eigenvalue weighted by atomic mass is 35.5. The summed E-state index contributed by atoms with van der Waals surface area (Å²) in [6.07, 6.45) is 0.876. The zero-order chi connectivity index (χ0) is 24.0. The van der Waals surface area contributed by atoms with Crippen LogP contribution in [-0.4, -0.2) is 36.3 Å². The first-order valence-electron chi connectivity index (χ1n) is 9.65. The SMILES string of the molecule is CN1C=CC(Oc2ccc(NC(=O)Nc3ccc(NC(=O)CCl)c(C(F)(F)F)c3)cc2)=CC1. The highest BCUT2D eigenvalue weighted by Gasteiger charge is 2.34. The van der Waals surface area contributed by atoms with Gasteiger partial charge in [0.1, 0.15) is 17.4 Å². The predicted octanol–water partition coefficient (Wildman–Crippen LogP) is 5.25. The molecule has 0 saturated heterocycles. The Morgan fingerprint density at radius 3 is 2.33 bits per heavy atom. The van der Waals surface area contributed by atoms with Crippen LogP contribution in [0.25, 0.3) is 0 Å². The predicted molar refractivity (Wildman–Crippen MR) is 120 cm³/mol. The Morgan fingerprint density at radius 1 is 1.06 bits per heavy atom. The van der Waals surface area contributed by atoms with E-state index in [1.165, 1.54) is 6.07 Å². The quantitative estimate of drug-likeness (QED) is 0.493. The smallest absolute Gasteiger partial charge is 0.418 e. The zero-order valence-electron chi connectivity index (χ0n) is 17.4. The molecular weight excluding hydrogens is 461 g/mol. The van der Waals surface area contributed by atoms with E-state index in [4.69, 9.17) is 16.3 Å². The highest BCUT2D eigenvalue weighted by Crippen LogP contribution is 2.36. The van der Waals surface area contributed by atoms with Crippen molar-refractivity contribution in [2.75, 3.05) is 35.4 Å². The highest BCUT2D eigenvalue weighted by molar-refractivity contribution is 6.29. The largest absolute Gasteiger partial charge is 0.458 e. The molecule has 0 spiro atoms. The number of hydrogen-bond donors (Lipinski definition) is 3. The Morgan fingerprint density at radius 2 is 1.73 bits per heavy atom. The van der Waals surface area contributed by atoms with E-state index in [1.54, 1.807) is 24.3 Å². The fourth-order valence-electron chi connectivity index (χ4n) is 2.82. The molecule has 3 amide bonds. The van der Waals surface area contributed by atoms with Gasteiger partial charge < -0.3 is 25.6 Å².